The third kappa shape index (κ3) is 5.60. The molecule has 0 bridgehead atoms. The molecule has 166 valence electrons. The maximum atomic E-state index is 13.0. The van der Waals surface area contributed by atoms with Gasteiger partial charge in [-0.05, 0) is 48.1 Å². The summed E-state index contributed by atoms with van der Waals surface area (Å²) >= 11 is 0. The molecule has 0 aromatic heterocycles. The van der Waals surface area contributed by atoms with E-state index < -0.39 is 11.6 Å². The van der Waals surface area contributed by atoms with Gasteiger partial charge in [-0.2, -0.15) is 0 Å². The molecule has 0 saturated heterocycles. The Hall–Kier alpha value is -3.48. The first-order valence-electron chi connectivity index (χ1n) is 10.6. The molecule has 0 radical (unpaired) electrons. The van der Waals surface area contributed by atoms with Crippen molar-refractivity contribution in [3.63, 3.8) is 0 Å². The molecule has 3 aromatic carbocycles. The smallest absolute Gasteiger partial charge is 0.303 e. The Kier molecular flexibility index (Phi) is 7.41. The standard InChI is InChI=1S/C26H29N3O3/c1-18(19-9-4-2-5-10-19)25(32)29-23-17-22(16-15-20(23)11-8-14-24(30)31)26(27,28)21-12-6-3-7-13-21/h2-7,9-10,12-13,15-18H,8,11,14,27-28H2,1H3,(H,29,32)(H,30,31). The summed E-state index contributed by atoms with van der Waals surface area (Å²) in [5.74, 6) is -1.37. The Labute approximate surface area is 188 Å². The highest BCUT2D eigenvalue weighted by molar-refractivity contribution is 5.96. The van der Waals surface area contributed by atoms with Crippen molar-refractivity contribution in [2.75, 3.05) is 5.32 Å². The van der Waals surface area contributed by atoms with Crippen LogP contribution in [0.4, 0.5) is 5.69 Å². The van der Waals surface area contributed by atoms with Gasteiger partial charge in [-0.15, -0.1) is 0 Å². The van der Waals surface area contributed by atoms with E-state index in [1.165, 1.54) is 0 Å². The maximum Gasteiger partial charge on any atom is 0.303 e. The van der Waals surface area contributed by atoms with E-state index in [2.05, 4.69) is 5.32 Å². The number of amides is 1. The molecule has 6 N–H and O–H groups in total. The topological polar surface area (TPSA) is 118 Å². The fourth-order valence-electron chi connectivity index (χ4n) is 3.61. The van der Waals surface area contributed by atoms with Gasteiger partial charge >= 0.3 is 5.97 Å². The summed E-state index contributed by atoms with van der Waals surface area (Å²) in [6.45, 7) is 1.85. The van der Waals surface area contributed by atoms with Crippen molar-refractivity contribution in [2.45, 2.75) is 37.8 Å². The molecule has 0 spiro atoms. The fourth-order valence-corrected chi connectivity index (χ4v) is 3.61. The van der Waals surface area contributed by atoms with E-state index in [1.54, 1.807) is 6.07 Å². The summed E-state index contributed by atoms with van der Waals surface area (Å²) in [5, 5.41) is 12.0. The van der Waals surface area contributed by atoms with Crippen LogP contribution >= 0.6 is 0 Å². The van der Waals surface area contributed by atoms with E-state index in [1.807, 2.05) is 79.7 Å². The molecule has 0 saturated carbocycles. The summed E-state index contributed by atoms with van der Waals surface area (Å²) in [4.78, 5) is 23.9. The van der Waals surface area contributed by atoms with Crippen LogP contribution in [0.1, 0.15) is 47.9 Å². The van der Waals surface area contributed by atoms with Crippen molar-refractivity contribution in [2.24, 2.45) is 11.5 Å². The van der Waals surface area contributed by atoms with E-state index in [-0.39, 0.29) is 18.2 Å². The van der Waals surface area contributed by atoms with Crippen LogP contribution in [0.5, 0.6) is 0 Å². The molecule has 32 heavy (non-hydrogen) atoms. The van der Waals surface area contributed by atoms with Crippen LogP contribution in [0.25, 0.3) is 0 Å². The number of carboxylic acids is 1. The van der Waals surface area contributed by atoms with Crippen molar-refractivity contribution < 1.29 is 14.7 Å². The fraction of sp³-hybridized carbons (Fsp3) is 0.231. The predicted octanol–water partition coefficient (Wildman–Crippen LogP) is 3.95. The highest BCUT2D eigenvalue weighted by Gasteiger charge is 2.26. The summed E-state index contributed by atoms with van der Waals surface area (Å²) in [6, 6.07) is 24.3. The Morgan fingerprint density at radius 1 is 0.938 bits per heavy atom. The number of anilines is 1. The number of hydrogen-bond donors (Lipinski definition) is 4. The average Bonchev–Trinajstić information content (AvgIpc) is 2.80. The molecular formula is C26H29N3O3. The molecule has 0 aliphatic carbocycles. The molecule has 1 unspecified atom stereocenters. The number of rotatable bonds is 9. The number of carbonyl (C=O) groups excluding carboxylic acids is 1. The Bertz CT molecular complexity index is 1070. The van der Waals surface area contributed by atoms with Crippen LogP contribution in [0.15, 0.2) is 78.9 Å². The minimum atomic E-state index is -1.24. The third-order valence-corrected chi connectivity index (χ3v) is 5.63. The zero-order chi connectivity index (χ0) is 23.1. The molecule has 3 aromatic rings. The van der Waals surface area contributed by atoms with Gasteiger partial charge in [-0.1, -0.05) is 72.8 Å². The van der Waals surface area contributed by atoms with Crippen LogP contribution in [0.2, 0.25) is 0 Å². The summed E-state index contributed by atoms with van der Waals surface area (Å²) < 4.78 is 0. The van der Waals surface area contributed by atoms with E-state index in [0.29, 0.717) is 24.1 Å². The lowest BCUT2D eigenvalue weighted by atomic mass is 9.90. The first-order valence-corrected chi connectivity index (χ1v) is 10.6. The number of carbonyl (C=O) groups is 2. The minimum Gasteiger partial charge on any atom is -0.481 e. The lowest BCUT2D eigenvalue weighted by molar-refractivity contribution is -0.137. The van der Waals surface area contributed by atoms with E-state index >= 15 is 0 Å². The first-order chi connectivity index (χ1) is 15.3. The molecular weight excluding hydrogens is 402 g/mol. The zero-order valence-electron chi connectivity index (χ0n) is 18.1. The lowest BCUT2D eigenvalue weighted by Gasteiger charge is -2.27. The van der Waals surface area contributed by atoms with Crippen LogP contribution in [-0.2, 0) is 21.7 Å². The van der Waals surface area contributed by atoms with Crippen molar-refractivity contribution in [1.29, 1.82) is 0 Å². The molecule has 0 aliphatic heterocycles. The Balaban J connectivity index is 1.91. The van der Waals surface area contributed by atoms with E-state index in [4.69, 9.17) is 16.6 Å². The number of benzene rings is 3. The molecule has 3 rings (SSSR count). The minimum absolute atomic E-state index is 0.0529. The highest BCUT2D eigenvalue weighted by atomic mass is 16.4. The molecule has 6 heteroatoms. The summed E-state index contributed by atoms with van der Waals surface area (Å²) in [5.41, 5.74) is 15.5. The molecule has 0 heterocycles. The van der Waals surface area contributed by atoms with Gasteiger partial charge in [-0.25, -0.2) is 0 Å². The predicted molar refractivity (Wildman–Crippen MR) is 126 cm³/mol. The molecule has 1 amide bonds. The highest BCUT2D eigenvalue weighted by Crippen LogP contribution is 2.28. The Morgan fingerprint density at radius 3 is 2.19 bits per heavy atom. The number of aryl methyl sites for hydroxylation is 1. The SMILES string of the molecule is CC(C(=O)Nc1cc(C(N)(N)c2ccccc2)ccc1CCCC(=O)O)c1ccccc1. The van der Waals surface area contributed by atoms with Gasteiger partial charge in [-0.3, -0.25) is 9.59 Å². The first kappa shape index (κ1) is 23.2. The number of carboxylic acid groups (broad SMARTS) is 1. The van der Waals surface area contributed by atoms with Crippen LogP contribution < -0.4 is 16.8 Å². The van der Waals surface area contributed by atoms with Gasteiger partial charge < -0.3 is 21.9 Å². The second-order valence-corrected chi connectivity index (χ2v) is 7.98. The van der Waals surface area contributed by atoms with Crippen molar-refractivity contribution in [3.05, 3.63) is 101 Å². The number of aliphatic carboxylic acids is 1. The van der Waals surface area contributed by atoms with Gasteiger partial charge in [0.05, 0.1) is 5.92 Å². The summed E-state index contributed by atoms with van der Waals surface area (Å²) in [6.07, 6.45) is 1.02. The normalized spacial score (nSPS) is 12.2. The van der Waals surface area contributed by atoms with Gasteiger partial charge in [0.15, 0.2) is 0 Å². The zero-order valence-corrected chi connectivity index (χ0v) is 18.1. The van der Waals surface area contributed by atoms with E-state index in [9.17, 15) is 9.59 Å². The van der Waals surface area contributed by atoms with Gasteiger partial charge in [0.25, 0.3) is 0 Å². The molecule has 0 aliphatic rings. The molecule has 0 fully saturated rings. The maximum absolute atomic E-state index is 13.0. The largest absolute Gasteiger partial charge is 0.481 e. The lowest BCUT2D eigenvalue weighted by Crippen LogP contribution is -2.47. The van der Waals surface area contributed by atoms with Crippen LogP contribution in [0, 0.1) is 0 Å². The number of nitrogens with one attached hydrogen (secondary N) is 1. The quantitative estimate of drug-likeness (QED) is 0.383. The number of hydrogen-bond acceptors (Lipinski definition) is 4. The molecule has 6 nitrogen and oxygen atoms in total. The van der Waals surface area contributed by atoms with E-state index in [0.717, 1.165) is 16.7 Å². The van der Waals surface area contributed by atoms with Crippen LogP contribution in [-0.4, -0.2) is 17.0 Å². The van der Waals surface area contributed by atoms with Crippen molar-refractivity contribution in [1.82, 2.24) is 0 Å². The number of nitrogens with two attached hydrogens (primary N) is 2. The second-order valence-electron chi connectivity index (χ2n) is 7.98. The van der Waals surface area contributed by atoms with Crippen molar-refractivity contribution >= 4 is 17.6 Å². The monoisotopic (exact) mass is 431 g/mol. The molecule has 1 atom stereocenters. The third-order valence-electron chi connectivity index (χ3n) is 5.63. The average molecular weight is 432 g/mol. The van der Waals surface area contributed by atoms with Crippen LogP contribution in [0.3, 0.4) is 0 Å². The second kappa shape index (κ2) is 10.2. The van der Waals surface area contributed by atoms with Gasteiger partial charge in [0.1, 0.15) is 5.66 Å². The van der Waals surface area contributed by atoms with Crippen molar-refractivity contribution in [3.8, 4) is 0 Å². The summed E-state index contributed by atoms with van der Waals surface area (Å²) in [7, 11) is 0. The Morgan fingerprint density at radius 2 is 1.56 bits per heavy atom. The van der Waals surface area contributed by atoms with Gasteiger partial charge in [0, 0.05) is 12.1 Å². The van der Waals surface area contributed by atoms with Gasteiger partial charge in [0.2, 0.25) is 5.91 Å².